The molecule has 1 saturated heterocycles. The number of anilines is 1. The Balaban J connectivity index is 2.31. The van der Waals surface area contributed by atoms with Crippen LogP contribution in [-0.2, 0) is 9.47 Å². The van der Waals surface area contributed by atoms with E-state index >= 15 is 0 Å². The summed E-state index contributed by atoms with van der Waals surface area (Å²) in [4.78, 5) is 29.0. The number of hydrogen-bond donors (Lipinski definition) is 0. The van der Waals surface area contributed by atoms with Gasteiger partial charge in [0.15, 0.2) is 5.69 Å². The molecule has 102 valence electrons. The Morgan fingerprint density at radius 1 is 1.47 bits per heavy atom. The van der Waals surface area contributed by atoms with Crippen LogP contribution in [0.4, 0.5) is 10.5 Å². The Hall–Kier alpha value is -2.11. The van der Waals surface area contributed by atoms with Gasteiger partial charge in [-0.2, -0.15) is 0 Å². The third-order valence-electron chi connectivity index (χ3n) is 2.43. The van der Waals surface area contributed by atoms with Crippen LogP contribution in [0.15, 0.2) is 18.3 Å². The highest BCUT2D eigenvalue weighted by Crippen LogP contribution is 2.23. The van der Waals surface area contributed by atoms with Crippen LogP contribution in [0, 0.1) is 0 Å². The van der Waals surface area contributed by atoms with E-state index in [1.54, 1.807) is 32.9 Å². The first-order chi connectivity index (χ1) is 8.88. The van der Waals surface area contributed by atoms with Gasteiger partial charge < -0.3 is 9.47 Å². The van der Waals surface area contributed by atoms with E-state index in [-0.39, 0.29) is 5.69 Å². The number of esters is 1. The highest BCUT2D eigenvalue weighted by atomic mass is 16.6. The topological polar surface area (TPSA) is 68.7 Å². The van der Waals surface area contributed by atoms with Crippen LogP contribution in [0.2, 0.25) is 0 Å². The van der Waals surface area contributed by atoms with Gasteiger partial charge in [-0.15, -0.1) is 0 Å². The van der Waals surface area contributed by atoms with Gasteiger partial charge in [0.1, 0.15) is 12.2 Å². The number of hydrogen-bond acceptors (Lipinski definition) is 5. The quantitative estimate of drug-likeness (QED) is 0.764. The van der Waals surface area contributed by atoms with Crippen molar-refractivity contribution in [3.8, 4) is 0 Å². The van der Waals surface area contributed by atoms with Gasteiger partial charge in [0.25, 0.3) is 0 Å². The molecule has 2 rings (SSSR count). The number of cyclic esters (lactones) is 1. The van der Waals surface area contributed by atoms with Crippen molar-refractivity contribution in [2.45, 2.75) is 26.4 Å². The summed E-state index contributed by atoms with van der Waals surface area (Å²) in [6.07, 6.45) is 1.02. The van der Waals surface area contributed by atoms with E-state index in [4.69, 9.17) is 9.47 Å². The fraction of sp³-hybridized carbons (Fsp3) is 0.462. The highest BCUT2D eigenvalue weighted by molar-refractivity contribution is 5.99. The monoisotopic (exact) mass is 264 g/mol. The number of amides is 1. The standard InChI is InChI=1S/C13H16N2O4/c1-13(2,3)19-11(16)10-9(5-4-6-14-10)15-7-8-18-12(15)17/h4-6H,7-8H2,1-3H3. The number of nitrogens with zero attached hydrogens (tertiary/aromatic N) is 2. The van der Waals surface area contributed by atoms with Gasteiger partial charge in [0, 0.05) is 6.20 Å². The number of carbonyl (C=O) groups excluding carboxylic acids is 2. The molecule has 6 heteroatoms. The summed E-state index contributed by atoms with van der Waals surface area (Å²) in [5.74, 6) is -0.553. The average molecular weight is 264 g/mol. The molecular formula is C13H16N2O4. The molecule has 0 aromatic carbocycles. The maximum Gasteiger partial charge on any atom is 0.414 e. The van der Waals surface area contributed by atoms with Gasteiger partial charge in [-0.05, 0) is 32.9 Å². The largest absolute Gasteiger partial charge is 0.455 e. The predicted molar refractivity (Wildman–Crippen MR) is 68.1 cm³/mol. The van der Waals surface area contributed by atoms with Crippen molar-refractivity contribution < 1.29 is 19.1 Å². The molecule has 0 N–H and O–H groups in total. The first kappa shape index (κ1) is 13.3. The first-order valence-corrected chi connectivity index (χ1v) is 6.01. The van der Waals surface area contributed by atoms with Crippen molar-refractivity contribution in [3.63, 3.8) is 0 Å². The average Bonchev–Trinajstić information content (AvgIpc) is 2.73. The Kier molecular flexibility index (Phi) is 3.42. The highest BCUT2D eigenvalue weighted by Gasteiger charge is 2.30. The first-order valence-electron chi connectivity index (χ1n) is 6.01. The summed E-state index contributed by atoms with van der Waals surface area (Å²) in [5, 5.41) is 0. The minimum atomic E-state index is -0.614. The minimum absolute atomic E-state index is 0.122. The summed E-state index contributed by atoms with van der Waals surface area (Å²) in [6.45, 7) is 6.04. The van der Waals surface area contributed by atoms with Crippen LogP contribution in [0.1, 0.15) is 31.3 Å². The van der Waals surface area contributed by atoms with Crippen LogP contribution in [0.3, 0.4) is 0 Å². The number of rotatable bonds is 2. The molecule has 0 bridgehead atoms. The summed E-state index contributed by atoms with van der Waals surface area (Å²) >= 11 is 0. The second kappa shape index (κ2) is 4.87. The summed E-state index contributed by atoms with van der Waals surface area (Å²) in [5.41, 5.74) is -0.0762. The van der Waals surface area contributed by atoms with Gasteiger partial charge in [-0.1, -0.05) is 0 Å². The summed E-state index contributed by atoms with van der Waals surface area (Å²) in [7, 11) is 0. The Labute approximate surface area is 111 Å². The molecule has 0 unspecified atom stereocenters. The number of carbonyl (C=O) groups is 2. The maximum absolute atomic E-state index is 12.1. The van der Waals surface area contributed by atoms with E-state index in [1.807, 2.05) is 0 Å². The summed E-state index contributed by atoms with van der Waals surface area (Å²) < 4.78 is 10.1. The van der Waals surface area contributed by atoms with E-state index in [1.165, 1.54) is 11.1 Å². The van der Waals surface area contributed by atoms with E-state index in [0.29, 0.717) is 18.8 Å². The van der Waals surface area contributed by atoms with Gasteiger partial charge in [0.05, 0.1) is 12.2 Å². The smallest absolute Gasteiger partial charge is 0.414 e. The second-order valence-electron chi connectivity index (χ2n) is 5.14. The van der Waals surface area contributed by atoms with Crippen LogP contribution in [0.25, 0.3) is 0 Å². The molecule has 2 heterocycles. The molecule has 0 saturated carbocycles. The lowest BCUT2D eigenvalue weighted by Crippen LogP contribution is -2.29. The van der Waals surface area contributed by atoms with Crippen LogP contribution >= 0.6 is 0 Å². The molecule has 1 aromatic rings. The Morgan fingerprint density at radius 2 is 2.21 bits per heavy atom. The van der Waals surface area contributed by atoms with Crippen LogP contribution in [-0.4, -0.2) is 35.8 Å². The van der Waals surface area contributed by atoms with Crippen LogP contribution < -0.4 is 4.90 Å². The maximum atomic E-state index is 12.1. The van der Waals surface area contributed by atoms with E-state index in [0.717, 1.165) is 0 Å². The van der Waals surface area contributed by atoms with E-state index in [2.05, 4.69) is 4.98 Å². The second-order valence-corrected chi connectivity index (χ2v) is 5.14. The number of pyridine rings is 1. The lowest BCUT2D eigenvalue weighted by Gasteiger charge is -2.21. The molecule has 0 aliphatic carbocycles. The minimum Gasteiger partial charge on any atom is -0.455 e. The third kappa shape index (κ3) is 3.01. The molecule has 0 radical (unpaired) electrons. The molecule has 1 aliphatic heterocycles. The molecule has 1 aromatic heterocycles. The lowest BCUT2D eigenvalue weighted by atomic mass is 10.2. The fourth-order valence-corrected chi connectivity index (χ4v) is 1.71. The Bertz CT molecular complexity index is 508. The van der Waals surface area contributed by atoms with Gasteiger partial charge in [0.2, 0.25) is 0 Å². The molecule has 1 amide bonds. The zero-order valence-electron chi connectivity index (χ0n) is 11.2. The lowest BCUT2D eigenvalue weighted by molar-refractivity contribution is 0.00639. The van der Waals surface area contributed by atoms with Crippen molar-refractivity contribution in [2.24, 2.45) is 0 Å². The van der Waals surface area contributed by atoms with Gasteiger partial charge in [-0.25, -0.2) is 14.6 Å². The van der Waals surface area contributed by atoms with Crippen molar-refractivity contribution in [3.05, 3.63) is 24.0 Å². The van der Waals surface area contributed by atoms with Crippen molar-refractivity contribution >= 4 is 17.7 Å². The SMILES string of the molecule is CC(C)(C)OC(=O)c1ncccc1N1CCOC1=O. The molecule has 1 fully saturated rings. The van der Waals surface area contributed by atoms with Gasteiger partial charge in [-0.3, -0.25) is 4.90 Å². The van der Waals surface area contributed by atoms with Crippen LogP contribution in [0.5, 0.6) is 0 Å². The molecule has 0 atom stereocenters. The van der Waals surface area contributed by atoms with E-state index in [9.17, 15) is 9.59 Å². The zero-order valence-corrected chi connectivity index (χ0v) is 11.2. The van der Waals surface area contributed by atoms with Gasteiger partial charge >= 0.3 is 12.1 Å². The van der Waals surface area contributed by atoms with Crippen molar-refractivity contribution in [1.29, 1.82) is 0 Å². The number of aromatic nitrogens is 1. The summed E-state index contributed by atoms with van der Waals surface area (Å²) in [6, 6.07) is 3.31. The van der Waals surface area contributed by atoms with Crippen molar-refractivity contribution in [2.75, 3.05) is 18.1 Å². The molecule has 6 nitrogen and oxygen atoms in total. The Morgan fingerprint density at radius 3 is 2.79 bits per heavy atom. The van der Waals surface area contributed by atoms with Crippen molar-refractivity contribution in [1.82, 2.24) is 4.98 Å². The predicted octanol–water partition coefficient (Wildman–Crippen LogP) is 1.99. The fourth-order valence-electron chi connectivity index (χ4n) is 1.71. The third-order valence-corrected chi connectivity index (χ3v) is 2.43. The molecular weight excluding hydrogens is 248 g/mol. The zero-order chi connectivity index (χ0) is 14.0. The normalized spacial score (nSPS) is 15.3. The molecule has 19 heavy (non-hydrogen) atoms. The number of ether oxygens (including phenoxy) is 2. The van der Waals surface area contributed by atoms with E-state index < -0.39 is 17.7 Å². The molecule has 1 aliphatic rings. The molecule has 0 spiro atoms.